The van der Waals surface area contributed by atoms with Crippen molar-refractivity contribution >= 4 is 43.7 Å². The summed E-state index contributed by atoms with van der Waals surface area (Å²) in [6.45, 7) is 0. The summed E-state index contributed by atoms with van der Waals surface area (Å²) in [5.74, 6) is 0. The molecule has 0 bridgehead atoms. The quantitative estimate of drug-likeness (QED) is 0.468. The summed E-state index contributed by atoms with van der Waals surface area (Å²) in [5, 5.41) is 3.35. The molecule has 3 aromatic heterocycles. The van der Waals surface area contributed by atoms with E-state index >= 15 is 0 Å². The Labute approximate surface area is 124 Å². The van der Waals surface area contributed by atoms with Crippen LogP contribution in [0.15, 0.2) is 63.9 Å². The van der Waals surface area contributed by atoms with Crippen molar-refractivity contribution in [2.24, 2.45) is 0 Å². The van der Waals surface area contributed by atoms with Gasteiger partial charge in [-0.2, -0.15) is 0 Å². The van der Waals surface area contributed by atoms with E-state index in [9.17, 15) is 4.79 Å². The first-order chi connectivity index (χ1) is 10.8. The third-order valence-corrected chi connectivity index (χ3v) is 4.11. The Morgan fingerprint density at radius 1 is 0.909 bits per heavy atom. The minimum atomic E-state index is -0.315. The lowest BCUT2D eigenvalue weighted by molar-refractivity contribution is 0.573. The number of nitrogens with zero attached hydrogens (tertiary/aromatic N) is 1. The summed E-state index contributed by atoms with van der Waals surface area (Å²) in [6.07, 6.45) is 1.76. The van der Waals surface area contributed by atoms with Crippen molar-refractivity contribution in [3.63, 3.8) is 0 Å². The van der Waals surface area contributed by atoms with Crippen molar-refractivity contribution in [1.29, 1.82) is 0 Å². The molecule has 5 aromatic rings. The number of pyridine rings is 1. The second-order valence-electron chi connectivity index (χ2n) is 5.32. The zero-order chi connectivity index (χ0) is 14.7. The number of aromatic amines is 1. The number of benzene rings is 2. The van der Waals surface area contributed by atoms with E-state index in [2.05, 4.69) is 9.97 Å². The van der Waals surface area contributed by atoms with E-state index < -0.39 is 0 Å². The highest BCUT2D eigenvalue weighted by Gasteiger charge is 2.14. The fourth-order valence-corrected chi connectivity index (χ4v) is 3.14. The number of H-pyrrole nitrogens is 1. The molecule has 0 atom stereocenters. The summed E-state index contributed by atoms with van der Waals surface area (Å²) < 4.78 is 5.62. The van der Waals surface area contributed by atoms with Gasteiger partial charge in [0, 0.05) is 17.0 Å². The second-order valence-corrected chi connectivity index (χ2v) is 5.32. The maximum atomic E-state index is 12.3. The van der Waals surface area contributed by atoms with Crippen LogP contribution >= 0.6 is 0 Å². The lowest BCUT2D eigenvalue weighted by Crippen LogP contribution is -1.98. The topological polar surface area (TPSA) is 58.9 Å². The number of nitrogens with one attached hydrogen (secondary N) is 1. The SMILES string of the molecule is O=c1oc2c([nH]c3ccc4ncccc4c32)c2ccccc12. The van der Waals surface area contributed by atoms with Gasteiger partial charge in [0.1, 0.15) is 0 Å². The maximum Gasteiger partial charge on any atom is 0.344 e. The maximum absolute atomic E-state index is 12.3. The first-order valence-electron chi connectivity index (χ1n) is 7.04. The molecule has 1 N–H and O–H groups in total. The van der Waals surface area contributed by atoms with Gasteiger partial charge in [-0.1, -0.05) is 24.3 Å². The van der Waals surface area contributed by atoms with Gasteiger partial charge in [0.2, 0.25) is 0 Å². The molecule has 4 nitrogen and oxygen atoms in total. The zero-order valence-corrected chi connectivity index (χ0v) is 11.5. The number of fused-ring (bicyclic) bond motifs is 7. The van der Waals surface area contributed by atoms with Crippen molar-refractivity contribution < 1.29 is 4.42 Å². The van der Waals surface area contributed by atoms with Crippen LogP contribution in [-0.4, -0.2) is 9.97 Å². The van der Waals surface area contributed by atoms with Crippen LogP contribution in [0.5, 0.6) is 0 Å². The lowest BCUT2D eigenvalue weighted by Gasteiger charge is -1.99. The molecule has 0 aliphatic carbocycles. The Bertz CT molecular complexity index is 1250. The second kappa shape index (κ2) is 3.95. The van der Waals surface area contributed by atoms with Gasteiger partial charge in [0.05, 0.1) is 27.3 Å². The van der Waals surface area contributed by atoms with Gasteiger partial charge in [-0.05, 0) is 24.3 Å². The normalized spacial score (nSPS) is 11.8. The Morgan fingerprint density at radius 3 is 2.64 bits per heavy atom. The molecule has 2 aromatic carbocycles. The molecule has 0 aliphatic heterocycles. The van der Waals surface area contributed by atoms with E-state index in [0.717, 1.165) is 32.7 Å². The van der Waals surface area contributed by atoms with E-state index in [4.69, 9.17) is 4.42 Å². The molecule has 5 rings (SSSR count). The highest BCUT2D eigenvalue weighted by atomic mass is 16.4. The third-order valence-electron chi connectivity index (χ3n) is 4.11. The van der Waals surface area contributed by atoms with E-state index in [-0.39, 0.29) is 5.63 Å². The van der Waals surface area contributed by atoms with E-state index in [0.29, 0.717) is 11.0 Å². The van der Waals surface area contributed by atoms with Gasteiger partial charge >= 0.3 is 5.63 Å². The standard InChI is InChI=1S/C18H10N2O2/c21-18-11-5-2-1-4-10(11)16-17(22-18)15-12-6-3-9-19-13(12)7-8-14(15)20-16/h1-9,20H. The van der Waals surface area contributed by atoms with Crippen LogP contribution in [0, 0.1) is 0 Å². The predicted octanol–water partition coefficient (Wildman–Crippen LogP) is 3.98. The molecule has 0 aliphatic rings. The van der Waals surface area contributed by atoms with Crippen LogP contribution in [-0.2, 0) is 0 Å². The average Bonchev–Trinajstić information content (AvgIpc) is 2.94. The highest BCUT2D eigenvalue weighted by molar-refractivity contribution is 6.21. The molecule has 22 heavy (non-hydrogen) atoms. The van der Waals surface area contributed by atoms with E-state index in [1.165, 1.54) is 0 Å². The van der Waals surface area contributed by atoms with Crippen LogP contribution in [0.25, 0.3) is 43.7 Å². The van der Waals surface area contributed by atoms with E-state index in [1.807, 2.05) is 42.5 Å². The van der Waals surface area contributed by atoms with Gasteiger partial charge in [-0.15, -0.1) is 0 Å². The van der Waals surface area contributed by atoms with Gasteiger partial charge in [-0.3, -0.25) is 4.98 Å². The molecular formula is C18H10N2O2. The van der Waals surface area contributed by atoms with Gasteiger partial charge in [0.25, 0.3) is 0 Å². The van der Waals surface area contributed by atoms with Gasteiger partial charge < -0.3 is 9.40 Å². The van der Waals surface area contributed by atoms with Crippen LogP contribution in [0.2, 0.25) is 0 Å². The molecule has 0 spiro atoms. The summed E-state index contributed by atoms with van der Waals surface area (Å²) in [6, 6.07) is 15.3. The first kappa shape index (κ1) is 11.5. The Kier molecular flexibility index (Phi) is 2.07. The van der Waals surface area contributed by atoms with Crippen LogP contribution in [0.4, 0.5) is 0 Å². The summed E-state index contributed by atoms with van der Waals surface area (Å²) in [4.78, 5) is 20.0. The van der Waals surface area contributed by atoms with Crippen LogP contribution < -0.4 is 5.63 Å². The molecule has 0 saturated heterocycles. The molecule has 0 amide bonds. The minimum absolute atomic E-state index is 0.315. The van der Waals surface area contributed by atoms with E-state index in [1.54, 1.807) is 12.3 Å². The molecule has 3 heterocycles. The Hall–Kier alpha value is -3.14. The van der Waals surface area contributed by atoms with Gasteiger partial charge in [0.15, 0.2) is 5.58 Å². The smallest absolute Gasteiger partial charge is 0.344 e. The van der Waals surface area contributed by atoms with Gasteiger partial charge in [-0.25, -0.2) is 4.79 Å². The van der Waals surface area contributed by atoms with Crippen molar-refractivity contribution in [2.75, 3.05) is 0 Å². The highest BCUT2D eigenvalue weighted by Crippen LogP contribution is 2.33. The number of aromatic nitrogens is 2. The Balaban J connectivity index is 2.16. The molecule has 4 heteroatoms. The molecule has 104 valence electrons. The molecular weight excluding hydrogens is 276 g/mol. The van der Waals surface area contributed by atoms with Crippen molar-refractivity contribution in [2.45, 2.75) is 0 Å². The first-order valence-corrected chi connectivity index (χ1v) is 7.04. The Morgan fingerprint density at radius 2 is 1.73 bits per heavy atom. The minimum Gasteiger partial charge on any atom is -0.420 e. The number of rotatable bonds is 0. The number of hydrogen-bond donors (Lipinski definition) is 1. The third kappa shape index (κ3) is 1.36. The molecule has 0 radical (unpaired) electrons. The molecule has 0 fully saturated rings. The monoisotopic (exact) mass is 286 g/mol. The summed E-state index contributed by atoms with van der Waals surface area (Å²) >= 11 is 0. The van der Waals surface area contributed by atoms with Crippen LogP contribution in [0.1, 0.15) is 0 Å². The lowest BCUT2D eigenvalue weighted by atomic mass is 10.1. The van der Waals surface area contributed by atoms with Crippen molar-refractivity contribution in [3.8, 4) is 0 Å². The average molecular weight is 286 g/mol. The van der Waals surface area contributed by atoms with Crippen molar-refractivity contribution in [3.05, 3.63) is 65.1 Å². The van der Waals surface area contributed by atoms with Crippen molar-refractivity contribution in [1.82, 2.24) is 9.97 Å². The number of hydrogen-bond acceptors (Lipinski definition) is 3. The summed E-state index contributed by atoms with van der Waals surface area (Å²) in [7, 11) is 0. The molecule has 0 saturated carbocycles. The zero-order valence-electron chi connectivity index (χ0n) is 11.5. The van der Waals surface area contributed by atoms with Crippen LogP contribution in [0.3, 0.4) is 0 Å². The fraction of sp³-hybridized carbons (Fsp3) is 0. The predicted molar refractivity (Wildman–Crippen MR) is 87.1 cm³/mol. The molecule has 0 unspecified atom stereocenters. The largest absolute Gasteiger partial charge is 0.420 e. The fourth-order valence-electron chi connectivity index (χ4n) is 3.14. The summed E-state index contributed by atoms with van der Waals surface area (Å²) in [5.41, 5.74) is 2.95.